The van der Waals surface area contributed by atoms with Crippen molar-refractivity contribution < 1.29 is 0 Å². The molecule has 2 nitrogen and oxygen atoms in total. The Morgan fingerprint density at radius 2 is 2.12 bits per heavy atom. The molecule has 0 saturated carbocycles. The fraction of sp³-hybridized carbons (Fsp3) is 0.462. The van der Waals surface area contributed by atoms with Crippen LogP contribution in [0.2, 0.25) is 0 Å². The number of aryl methyl sites for hydroxylation is 2. The van der Waals surface area contributed by atoms with Crippen LogP contribution in [0, 0.1) is 13.8 Å². The summed E-state index contributed by atoms with van der Waals surface area (Å²) in [5.74, 6) is 0. The van der Waals surface area contributed by atoms with E-state index in [1.165, 1.54) is 11.1 Å². The Hall–Kier alpha value is -0.960. The van der Waals surface area contributed by atoms with Crippen molar-refractivity contribution >= 4 is 22.6 Å². The van der Waals surface area contributed by atoms with E-state index in [9.17, 15) is 0 Å². The van der Waals surface area contributed by atoms with Crippen molar-refractivity contribution in [1.29, 1.82) is 0 Å². The molecule has 1 fully saturated rings. The predicted octanol–water partition coefficient (Wildman–Crippen LogP) is 3.36. The number of rotatable bonds is 1. The van der Waals surface area contributed by atoms with Gasteiger partial charge >= 0.3 is 0 Å². The van der Waals surface area contributed by atoms with Gasteiger partial charge in [0.05, 0.1) is 5.69 Å². The van der Waals surface area contributed by atoms with Crippen LogP contribution in [0.25, 0.3) is 0 Å². The van der Waals surface area contributed by atoms with Gasteiger partial charge in [0.25, 0.3) is 0 Å². The Kier molecular flexibility index (Phi) is 3.24. The number of aliphatic imine (C=N–C) groups is 1. The van der Waals surface area contributed by atoms with E-state index in [2.05, 4.69) is 50.9 Å². The first-order chi connectivity index (χ1) is 7.56. The highest BCUT2D eigenvalue weighted by atomic mass is 32.2. The van der Waals surface area contributed by atoms with E-state index >= 15 is 0 Å². The molecule has 1 atom stereocenters. The van der Waals surface area contributed by atoms with Gasteiger partial charge in [0.2, 0.25) is 0 Å². The number of hydrogen-bond donors (Lipinski definition) is 0. The standard InChI is InChI=1S/C13H18N2S/c1-9-5-6-12(10(2)7-9)14-13-15(4)8-11(3)16-13/h5-7,11H,8H2,1-4H3. The SMILES string of the molecule is Cc1ccc(N=C2SC(C)CN2C)c(C)c1. The maximum atomic E-state index is 4.74. The molecule has 1 unspecified atom stereocenters. The Bertz CT molecular complexity index is 426. The van der Waals surface area contributed by atoms with Crippen LogP contribution >= 0.6 is 11.8 Å². The highest BCUT2D eigenvalue weighted by molar-refractivity contribution is 8.14. The molecule has 16 heavy (non-hydrogen) atoms. The van der Waals surface area contributed by atoms with E-state index in [-0.39, 0.29) is 0 Å². The number of nitrogens with zero attached hydrogens (tertiary/aromatic N) is 2. The monoisotopic (exact) mass is 234 g/mol. The van der Waals surface area contributed by atoms with Gasteiger partial charge in [0.1, 0.15) is 0 Å². The van der Waals surface area contributed by atoms with Crippen molar-refractivity contribution in [3.05, 3.63) is 29.3 Å². The first-order valence-electron chi connectivity index (χ1n) is 5.60. The van der Waals surface area contributed by atoms with Crippen LogP contribution in [0.3, 0.4) is 0 Å². The van der Waals surface area contributed by atoms with Crippen molar-refractivity contribution in [1.82, 2.24) is 4.90 Å². The molecule has 0 spiro atoms. The molecule has 1 aromatic carbocycles. The second-order valence-electron chi connectivity index (χ2n) is 4.49. The molecule has 0 aromatic heterocycles. The summed E-state index contributed by atoms with van der Waals surface area (Å²) in [6.45, 7) is 7.57. The zero-order chi connectivity index (χ0) is 11.7. The summed E-state index contributed by atoms with van der Waals surface area (Å²) in [7, 11) is 2.11. The van der Waals surface area contributed by atoms with E-state index in [0.717, 1.165) is 17.4 Å². The second kappa shape index (κ2) is 4.50. The van der Waals surface area contributed by atoms with Crippen molar-refractivity contribution in [3.8, 4) is 0 Å². The highest BCUT2D eigenvalue weighted by Crippen LogP contribution is 2.28. The summed E-state index contributed by atoms with van der Waals surface area (Å²) >= 11 is 1.86. The molecular formula is C13H18N2S. The Balaban J connectivity index is 2.29. The molecule has 1 heterocycles. The average molecular weight is 234 g/mol. The zero-order valence-electron chi connectivity index (χ0n) is 10.3. The van der Waals surface area contributed by atoms with Crippen LogP contribution in [0.1, 0.15) is 18.1 Å². The van der Waals surface area contributed by atoms with Gasteiger partial charge in [-0.05, 0) is 25.5 Å². The fourth-order valence-electron chi connectivity index (χ4n) is 1.92. The van der Waals surface area contributed by atoms with Crippen molar-refractivity contribution in [2.45, 2.75) is 26.0 Å². The normalized spacial score (nSPS) is 23.1. The van der Waals surface area contributed by atoms with Crippen molar-refractivity contribution in [2.24, 2.45) is 4.99 Å². The average Bonchev–Trinajstić information content (AvgIpc) is 2.50. The molecule has 0 bridgehead atoms. The first kappa shape index (κ1) is 11.5. The van der Waals surface area contributed by atoms with Crippen molar-refractivity contribution in [3.63, 3.8) is 0 Å². The maximum absolute atomic E-state index is 4.74. The third-order valence-corrected chi connectivity index (χ3v) is 3.90. The lowest BCUT2D eigenvalue weighted by atomic mass is 10.1. The number of thioether (sulfide) groups is 1. The van der Waals surface area contributed by atoms with Gasteiger partial charge < -0.3 is 4.90 Å². The molecule has 3 heteroatoms. The van der Waals surface area contributed by atoms with Gasteiger partial charge in [-0.15, -0.1) is 0 Å². The molecule has 0 N–H and O–H groups in total. The Morgan fingerprint density at radius 1 is 1.38 bits per heavy atom. The van der Waals surface area contributed by atoms with E-state index in [1.807, 2.05) is 11.8 Å². The van der Waals surface area contributed by atoms with Crippen LogP contribution < -0.4 is 0 Å². The zero-order valence-corrected chi connectivity index (χ0v) is 11.1. The molecule has 2 rings (SSSR count). The molecule has 1 saturated heterocycles. The highest BCUT2D eigenvalue weighted by Gasteiger charge is 2.22. The van der Waals surface area contributed by atoms with Crippen LogP contribution in [-0.2, 0) is 0 Å². The summed E-state index contributed by atoms with van der Waals surface area (Å²) in [4.78, 5) is 6.97. The lowest BCUT2D eigenvalue weighted by Crippen LogP contribution is -2.19. The summed E-state index contributed by atoms with van der Waals surface area (Å²) in [6, 6.07) is 6.41. The topological polar surface area (TPSA) is 15.6 Å². The predicted molar refractivity (Wildman–Crippen MR) is 72.7 cm³/mol. The summed E-state index contributed by atoms with van der Waals surface area (Å²) in [6.07, 6.45) is 0. The molecule has 0 aliphatic carbocycles. The Morgan fingerprint density at radius 3 is 2.69 bits per heavy atom. The van der Waals surface area contributed by atoms with Crippen LogP contribution in [0.15, 0.2) is 23.2 Å². The summed E-state index contributed by atoms with van der Waals surface area (Å²) < 4.78 is 0. The van der Waals surface area contributed by atoms with E-state index < -0.39 is 0 Å². The van der Waals surface area contributed by atoms with Gasteiger partial charge in [0.15, 0.2) is 5.17 Å². The van der Waals surface area contributed by atoms with Crippen molar-refractivity contribution in [2.75, 3.05) is 13.6 Å². The third-order valence-electron chi connectivity index (χ3n) is 2.73. The van der Waals surface area contributed by atoms with E-state index in [0.29, 0.717) is 5.25 Å². The van der Waals surface area contributed by atoms with Gasteiger partial charge in [-0.2, -0.15) is 0 Å². The molecule has 1 aliphatic heterocycles. The molecule has 0 amide bonds. The van der Waals surface area contributed by atoms with Crippen LogP contribution in [0.4, 0.5) is 5.69 Å². The lowest BCUT2D eigenvalue weighted by Gasteiger charge is -2.10. The number of benzene rings is 1. The molecule has 1 aromatic rings. The molecule has 1 aliphatic rings. The van der Waals surface area contributed by atoms with E-state index in [1.54, 1.807) is 0 Å². The van der Waals surface area contributed by atoms with Gasteiger partial charge in [-0.25, -0.2) is 4.99 Å². The van der Waals surface area contributed by atoms with Crippen LogP contribution in [0.5, 0.6) is 0 Å². The summed E-state index contributed by atoms with van der Waals surface area (Å²) in [5, 5.41) is 1.79. The maximum Gasteiger partial charge on any atom is 0.164 e. The molecular weight excluding hydrogens is 216 g/mol. The van der Waals surface area contributed by atoms with E-state index in [4.69, 9.17) is 4.99 Å². The minimum atomic E-state index is 0.648. The third kappa shape index (κ3) is 2.40. The minimum absolute atomic E-state index is 0.648. The molecule has 86 valence electrons. The fourth-order valence-corrected chi connectivity index (χ4v) is 2.98. The minimum Gasteiger partial charge on any atom is -0.353 e. The van der Waals surface area contributed by atoms with Gasteiger partial charge in [0, 0.05) is 18.8 Å². The largest absolute Gasteiger partial charge is 0.353 e. The Labute approximate surface area is 102 Å². The smallest absolute Gasteiger partial charge is 0.164 e. The van der Waals surface area contributed by atoms with Gasteiger partial charge in [-0.1, -0.05) is 36.4 Å². The molecule has 0 radical (unpaired) electrons. The van der Waals surface area contributed by atoms with Crippen LogP contribution in [-0.4, -0.2) is 28.9 Å². The first-order valence-corrected chi connectivity index (χ1v) is 6.48. The number of hydrogen-bond acceptors (Lipinski definition) is 2. The number of amidine groups is 1. The lowest BCUT2D eigenvalue weighted by molar-refractivity contribution is 0.533. The quantitative estimate of drug-likeness (QED) is 0.740. The second-order valence-corrected chi connectivity index (χ2v) is 5.90. The summed E-state index contributed by atoms with van der Waals surface area (Å²) in [5.41, 5.74) is 3.64. The van der Waals surface area contributed by atoms with Gasteiger partial charge in [-0.3, -0.25) is 0 Å².